The highest BCUT2D eigenvalue weighted by Crippen LogP contribution is 2.23. The predicted molar refractivity (Wildman–Crippen MR) is 81.3 cm³/mol. The summed E-state index contributed by atoms with van der Waals surface area (Å²) in [6.45, 7) is 6.23. The van der Waals surface area contributed by atoms with E-state index in [4.69, 9.17) is 4.74 Å². The molecule has 20 heavy (non-hydrogen) atoms. The first-order chi connectivity index (χ1) is 9.56. The molecule has 2 aromatic rings. The van der Waals surface area contributed by atoms with Gasteiger partial charge >= 0.3 is 0 Å². The maximum Gasteiger partial charge on any atom is 0.174 e. The monoisotopic (exact) mass is 268 g/mol. The molecule has 2 nitrogen and oxygen atoms in total. The Hall–Kier alpha value is -2.09. The summed E-state index contributed by atoms with van der Waals surface area (Å²) < 4.78 is 5.68. The molecule has 0 heterocycles. The lowest BCUT2D eigenvalue weighted by molar-refractivity contribution is -0.120. The van der Waals surface area contributed by atoms with Crippen LogP contribution in [0.1, 0.15) is 22.3 Å². The normalized spacial score (nSPS) is 10.3. The summed E-state index contributed by atoms with van der Waals surface area (Å²) in [6, 6.07) is 13.9. The molecular weight excluding hydrogens is 248 g/mol. The highest BCUT2D eigenvalue weighted by atomic mass is 16.5. The van der Waals surface area contributed by atoms with E-state index in [9.17, 15) is 4.79 Å². The van der Waals surface area contributed by atoms with Crippen molar-refractivity contribution in [1.82, 2.24) is 0 Å². The van der Waals surface area contributed by atoms with Crippen LogP contribution in [0, 0.1) is 20.8 Å². The molecule has 0 atom stereocenters. The summed E-state index contributed by atoms with van der Waals surface area (Å²) in [4.78, 5) is 11.9. The number of aryl methyl sites for hydroxylation is 2. The zero-order valence-corrected chi connectivity index (χ0v) is 12.3. The number of carbonyl (C=O) groups is 1. The van der Waals surface area contributed by atoms with Gasteiger partial charge in [0.05, 0.1) is 0 Å². The summed E-state index contributed by atoms with van der Waals surface area (Å²) in [5, 5.41) is 0. The first-order valence-corrected chi connectivity index (χ1v) is 6.82. The summed E-state index contributed by atoms with van der Waals surface area (Å²) >= 11 is 0. The van der Waals surface area contributed by atoms with Gasteiger partial charge in [0.15, 0.2) is 5.78 Å². The lowest BCUT2D eigenvalue weighted by Gasteiger charge is -2.12. The number of hydrogen-bond donors (Lipinski definition) is 0. The Kier molecular flexibility index (Phi) is 4.57. The molecule has 2 rings (SSSR count). The second kappa shape index (κ2) is 6.38. The maximum absolute atomic E-state index is 11.9. The number of rotatable bonds is 5. The number of ether oxygens (including phenoxy) is 1. The summed E-state index contributed by atoms with van der Waals surface area (Å²) in [7, 11) is 0. The van der Waals surface area contributed by atoms with Gasteiger partial charge in [-0.15, -0.1) is 0 Å². The van der Waals surface area contributed by atoms with Gasteiger partial charge < -0.3 is 4.74 Å². The Labute approximate surface area is 120 Å². The molecule has 104 valence electrons. The second-order valence-corrected chi connectivity index (χ2v) is 5.19. The van der Waals surface area contributed by atoms with Gasteiger partial charge in [0.1, 0.15) is 12.4 Å². The fourth-order valence-electron chi connectivity index (χ4n) is 2.18. The molecule has 0 aliphatic carbocycles. The molecule has 0 unspecified atom stereocenters. The maximum atomic E-state index is 11.9. The van der Waals surface area contributed by atoms with Crippen molar-refractivity contribution in [2.75, 3.05) is 6.61 Å². The van der Waals surface area contributed by atoms with Crippen LogP contribution in [-0.2, 0) is 11.2 Å². The van der Waals surface area contributed by atoms with Crippen LogP contribution in [0.3, 0.4) is 0 Å². The van der Waals surface area contributed by atoms with E-state index in [0.717, 1.165) is 22.4 Å². The summed E-state index contributed by atoms with van der Waals surface area (Å²) in [5.41, 5.74) is 4.47. The lowest BCUT2D eigenvalue weighted by atomic mass is 10.1. The first kappa shape index (κ1) is 14.3. The van der Waals surface area contributed by atoms with Crippen LogP contribution in [0.4, 0.5) is 0 Å². The van der Waals surface area contributed by atoms with E-state index < -0.39 is 0 Å². The Morgan fingerprint density at radius 2 is 1.75 bits per heavy atom. The van der Waals surface area contributed by atoms with Gasteiger partial charge in [-0.25, -0.2) is 0 Å². The first-order valence-electron chi connectivity index (χ1n) is 6.82. The van der Waals surface area contributed by atoms with Crippen molar-refractivity contribution in [2.24, 2.45) is 0 Å². The minimum Gasteiger partial charge on any atom is -0.486 e. The molecule has 0 amide bonds. The van der Waals surface area contributed by atoms with E-state index in [1.165, 1.54) is 5.56 Å². The topological polar surface area (TPSA) is 26.3 Å². The van der Waals surface area contributed by atoms with Gasteiger partial charge in [-0.05, 0) is 49.1 Å². The number of hydrogen-bond acceptors (Lipinski definition) is 2. The summed E-state index contributed by atoms with van der Waals surface area (Å²) in [5.74, 6) is 0.902. The van der Waals surface area contributed by atoms with Crippen LogP contribution in [0.25, 0.3) is 0 Å². The standard InChI is InChI=1S/C18H20O2/c1-13-9-14(2)15(3)18(10-13)20-12-17(19)11-16-7-5-4-6-8-16/h4-10H,11-12H2,1-3H3. The number of ketones is 1. The van der Waals surface area contributed by atoms with E-state index in [1.807, 2.05) is 50.2 Å². The van der Waals surface area contributed by atoms with Crippen LogP contribution >= 0.6 is 0 Å². The number of benzene rings is 2. The van der Waals surface area contributed by atoms with Crippen LogP contribution in [-0.4, -0.2) is 12.4 Å². The minimum absolute atomic E-state index is 0.0924. The van der Waals surface area contributed by atoms with Gasteiger partial charge in [-0.2, -0.15) is 0 Å². The largest absolute Gasteiger partial charge is 0.486 e. The van der Waals surface area contributed by atoms with E-state index in [2.05, 4.69) is 13.0 Å². The third kappa shape index (κ3) is 3.70. The Morgan fingerprint density at radius 3 is 2.45 bits per heavy atom. The van der Waals surface area contributed by atoms with E-state index >= 15 is 0 Å². The van der Waals surface area contributed by atoms with E-state index in [0.29, 0.717) is 6.42 Å². The Morgan fingerprint density at radius 1 is 1.05 bits per heavy atom. The lowest BCUT2D eigenvalue weighted by Crippen LogP contribution is -2.14. The van der Waals surface area contributed by atoms with Crippen molar-refractivity contribution < 1.29 is 9.53 Å². The zero-order valence-electron chi connectivity index (χ0n) is 12.3. The van der Waals surface area contributed by atoms with Crippen LogP contribution in [0.15, 0.2) is 42.5 Å². The molecule has 0 radical (unpaired) electrons. The van der Waals surface area contributed by atoms with Crippen molar-refractivity contribution in [3.63, 3.8) is 0 Å². The van der Waals surface area contributed by atoms with Gasteiger partial charge in [0.25, 0.3) is 0 Å². The zero-order chi connectivity index (χ0) is 14.5. The molecule has 0 aliphatic heterocycles. The quantitative estimate of drug-likeness (QED) is 0.824. The van der Waals surface area contributed by atoms with E-state index in [-0.39, 0.29) is 12.4 Å². The fourth-order valence-corrected chi connectivity index (χ4v) is 2.18. The average molecular weight is 268 g/mol. The molecule has 0 bridgehead atoms. The molecule has 0 saturated carbocycles. The van der Waals surface area contributed by atoms with Crippen LogP contribution < -0.4 is 4.74 Å². The predicted octanol–water partition coefficient (Wildman–Crippen LogP) is 3.80. The van der Waals surface area contributed by atoms with Gasteiger partial charge in [-0.3, -0.25) is 4.79 Å². The highest BCUT2D eigenvalue weighted by molar-refractivity contribution is 5.82. The molecule has 0 spiro atoms. The molecule has 0 N–H and O–H groups in total. The number of carbonyl (C=O) groups excluding carboxylic acids is 1. The average Bonchev–Trinajstić information content (AvgIpc) is 2.42. The Bertz CT molecular complexity index is 600. The molecule has 2 aromatic carbocycles. The van der Waals surface area contributed by atoms with Gasteiger partial charge in [0, 0.05) is 6.42 Å². The van der Waals surface area contributed by atoms with E-state index in [1.54, 1.807) is 0 Å². The Balaban J connectivity index is 1.97. The fraction of sp³-hybridized carbons (Fsp3) is 0.278. The minimum atomic E-state index is 0.0924. The van der Waals surface area contributed by atoms with Crippen LogP contribution in [0.5, 0.6) is 5.75 Å². The van der Waals surface area contributed by atoms with Gasteiger partial charge in [0.2, 0.25) is 0 Å². The van der Waals surface area contributed by atoms with Crippen molar-refractivity contribution >= 4 is 5.78 Å². The molecular formula is C18H20O2. The van der Waals surface area contributed by atoms with Crippen molar-refractivity contribution in [2.45, 2.75) is 27.2 Å². The SMILES string of the molecule is Cc1cc(C)c(C)c(OCC(=O)Cc2ccccc2)c1. The smallest absolute Gasteiger partial charge is 0.174 e. The third-order valence-electron chi connectivity index (χ3n) is 3.40. The molecule has 0 aromatic heterocycles. The number of Topliss-reactive ketones (excluding diaryl/α,β-unsaturated/α-hetero) is 1. The molecule has 0 fully saturated rings. The van der Waals surface area contributed by atoms with Crippen molar-refractivity contribution in [3.8, 4) is 5.75 Å². The summed E-state index contributed by atoms with van der Waals surface area (Å²) in [6.07, 6.45) is 0.421. The highest BCUT2D eigenvalue weighted by Gasteiger charge is 2.08. The molecule has 2 heteroatoms. The molecule has 0 aliphatic rings. The van der Waals surface area contributed by atoms with Crippen molar-refractivity contribution in [3.05, 3.63) is 64.7 Å². The second-order valence-electron chi connectivity index (χ2n) is 5.19. The molecule has 0 saturated heterocycles. The van der Waals surface area contributed by atoms with Gasteiger partial charge in [-0.1, -0.05) is 36.4 Å². The van der Waals surface area contributed by atoms with Crippen molar-refractivity contribution in [1.29, 1.82) is 0 Å². The third-order valence-corrected chi connectivity index (χ3v) is 3.40. The van der Waals surface area contributed by atoms with Crippen LogP contribution in [0.2, 0.25) is 0 Å².